The molecule has 1 fully saturated rings. The van der Waals surface area contributed by atoms with E-state index in [0.29, 0.717) is 32.4 Å². The average molecular weight is 390 g/mol. The first-order valence-electron chi connectivity index (χ1n) is 8.44. The highest BCUT2D eigenvalue weighted by atomic mass is 35.5. The third-order valence-corrected chi connectivity index (χ3v) is 6.45. The molecule has 1 heterocycles. The van der Waals surface area contributed by atoms with Gasteiger partial charge in [-0.25, -0.2) is 12.7 Å². The van der Waals surface area contributed by atoms with Gasteiger partial charge in [-0.1, -0.05) is 36.8 Å². The maximum Gasteiger partial charge on any atom is 0.241 e. The number of amides is 1. The number of piperidine rings is 1. The van der Waals surface area contributed by atoms with Gasteiger partial charge >= 0.3 is 0 Å². The van der Waals surface area contributed by atoms with Crippen LogP contribution < -0.4 is 11.1 Å². The van der Waals surface area contributed by atoms with Crippen LogP contribution >= 0.6 is 12.4 Å². The van der Waals surface area contributed by atoms with Gasteiger partial charge in [0.15, 0.2) is 0 Å². The Balaban J connectivity index is 0.00000312. The summed E-state index contributed by atoms with van der Waals surface area (Å²) in [7, 11) is -3.15. The number of carbonyl (C=O) groups excluding carboxylic acids is 1. The minimum absolute atomic E-state index is 0. The summed E-state index contributed by atoms with van der Waals surface area (Å²) >= 11 is 0. The molecule has 1 amide bonds. The van der Waals surface area contributed by atoms with E-state index in [2.05, 4.69) is 5.32 Å². The summed E-state index contributed by atoms with van der Waals surface area (Å²) in [5.74, 6) is -0.0313. The quantitative estimate of drug-likeness (QED) is 0.774. The van der Waals surface area contributed by atoms with Gasteiger partial charge in [0.2, 0.25) is 15.9 Å². The lowest BCUT2D eigenvalue weighted by Crippen LogP contribution is -2.48. The number of halogens is 1. The van der Waals surface area contributed by atoms with E-state index in [4.69, 9.17) is 5.73 Å². The summed E-state index contributed by atoms with van der Waals surface area (Å²) in [5, 5.41) is 2.95. The molecule has 25 heavy (non-hydrogen) atoms. The molecule has 1 aromatic rings. The minimum atomic E-state index is -3.15. The van der Waals surface area contributed by atoms with Crippen LogP contribution in [-0.4, -0.2) is 43.5 Å². The second kappa shape index (κ2) is 9.52. The van der Waals surface area contributed by atoms with Crippen molar-refractivity contribution in [2.45, 2.75) is 45.2 Å². The molecule has 1 aliphatic heterocycles. The van der Waals surface area contributed by atoms with E-state index in [9.17, 15) is 13.2 Å². The number of nitrogens with zero attached hydrogens (tertiary/aromatic N) is 1. The standard InChI is InChI=1S/C17H27N3O3S.ClH/c1-3-12-24(22,23)20-10-8-15(9-11-20)19-17(21)16(18)14-6-4-13(2)5-7-14;/h4-7,15-16H,3,8-12,18H2,1-2H3,(H,19,21);1H. The molecule has 0 spiro atoms. The second-order valence-corrected chi connectivity index (χ2v) is 8.47. The molecule has 6 nitrogen and oxygen atoms in total. The van der Waals surface area contributed by atoms with E-state index in [-0.39, 0.29) is 30.1 Å². The molecule has 0 aliphatic carbocycles. The zero-order valence-corrected chi connectivity index (χ0v) is 16.4. The maximum absolute atomic E-state index is 12.3. The topological polar surface area (TPSA) is 92.5 Å². The lowest BCUT2D eigenvalue weighted by Gasteiger charge is -2.32. The highest BCUT2D eigenvalue weighted by molar-refractivity contribution is 7.89. The molecular formula is C17H28ClN3O3S. The summed E-state index contributed by atoms with van der Waals surface area (Å²) in [4.78, 5) is 12.3. The monoisotopic (exact) mass is 389 g/mol. The number of hydrogen-bond acceptors (Lipinski definition) is 4. The SMILES string of the molecule is CCCS(=O)(=O)N1CCC(NC(=O)C(N)c2ccc(C)cc2)CC1.Cl. The third-order valence-electron chi connectivity index (χ3n) is 4.37. The van der Waals surface area contributed by atoms with Gasteiger partial charge in [0.1, 0.15) is 6.04 Å². The Bertz CT molecular complexity index is 656. The molecule has 0 bridgehead atoms. The molecule has 0 radical (unpaired) electrons. The Labute approximate surface area is 156 Å². The normalized spacial score (nSPS) is 17.6. The highest BCUT2D eigenvalue weighted by Crippen LogP contribution is 2.17. The van der Waals surface area contributed by atoms with E-state index < -0.39 is 16.1 Å². The predicted molar refractivity (Wildman–Crippen MR) is 102 cm³/mol. The molecule has 1 saturated heterocycles. The number of rotatable bonds is 6. The molecule has 1 atom stereocenters. The van der Waals surface area contributed by atoms with Crippen molar-refractivity contribution in [2.24, 2.45) is 5.73 Å². The fourth-order valence-electron chi connectivity index (χ4n) is 2.88. The molecule has 0 aromatic heterocycles. The Morgan fingerprint density at radius 3 is 2.36 bits per heavy atom. The fourth-order valence-corrected chi connectivity index (χ4v) is 4.42. The van der Waals surface area contributed by atoms with Gasteiger partial charge < -0.3 is 11.1 Å². The zero-order valence-electron chi connectivity index (χ0n) is 14.8. The van der Waals surface area contributed by atoms with E-state index in [1.54, 1.807) is 0 Å². The number of hydrogen-bond donors (Lipinski definition) is 2. The van der Waals surface area contributed by atoms with Crippen LogP contribution in [0.15, 0.2) is 24.3 Å². The van der Waals surface area contributed by atoms with Crippen LogP contribution in [0.5, 0.6) is 0 Å². The summed E-state index contributed by atoms with van der Waals surface area (Å²) in [6.07, 6.45) is 1.86. The molecule has 1 aliphatic rings. The van der Waals surface area contributed by atoms with Gasteiger partial charge in [0.05, 0.1) is 5.75 Å². The van der Waals surface area contributed by atoms with Crippen LogP contribution in [0, 0.1) is 6.92 Å². The van der Waals surface area contributed by atoms with Crippen LogP contribution in [0.3, 0.4) is 0 Å². The van der Waals surface area contributed by atoms with Crippen molar-refractivity contribution in [1.82, 2.24) is 9.62 Å². The smallest absolute Gasteiger partial charge is 0.241 e. The lowest BCUT2D eigenvalue weighted by atomic mass is 10.0. The van der Waals surface area contributed by atoms with Crippen molar-refractivity contribution >= 4 is 28.3 Å². The van der Waals surface area contributed by atoms with Gasteiger partial charge in [-0.15, -0.1) is 12.4 Å². The van der Waals surface area contributed by atoms with Crippen molar-refractivity contribution in [2.75, 3.05) is 18.8 Å². The van der Waals surface area contributed by atoms with Crippen molar-refractivity contribution in [3.05, 3.63) is 35.4 Å². The van der Waals surface area contributed by atoms with Crippen LogP contribution in [0.2, 0.25) is 0 Å². The Hall–Kier alpha value is -1.15. The van der Waals surface area contributed by atoms with Crippen molar-refractivity contribution in [3.8, 4) is 0 Å². The number of nitrogens with one attached hydrogen (secondary N) is 1. The van der Waals surface area contributed by atoms with Gasteiger partial charge in [-0.2, -0.15) is 0 Å². The largest absolute Gasteiger partial charge is 0.352 e. The molecule has 1 unspecified atom stereocenters. The van der Waals surface area contributed by atoms with Crippen molar-refractivity contribution in [3.63, 3.8) is 0 Å². The summed E-state index contributed by atoms with van der Waals surface area (Å²) in [5.41, 5.74) is 7.92. The molecule has 8 heteroatoms. The molecule has 142 valence electrons. The fraction of sp³-hybridized carbons (Fsp3) is 0.588. The van der Waals surface area contributed by atoms with E-state index in [1.165, 1.54) is 4.31 Å². The first-order chi connectivity index (χ1) is 11.3. The molecule has 3 N–H and O–H groups in total. The van der Waals surface area contributed by atoms with Gasteiger partial charge in [-0.05, 0) is 31.7 Å². The number of nitrogens with two attached hydrogens (primary N) is 1. The minimum Gasteiger partial charge on any atom is -0.352 e. The highest BCUT2D eigenvalue weighted by Gasteiger charge is 2.29. The number of benzene rings is 1. The summed E-state index contributed by atoms with van der Waals surface area (Å²) in [6, 6.07) is 6.85. The van der Waals surface area contributed by atoms with Crippen molar-refractivity contribution in [1.29, 1.82) is 0 Å². The molecule has 1 aromatic carbocycles. The molecule has 2 rings (SSSR count). The summed E-state index contributed by atoms with van der Waals surface area (Å²) < 4.78 is 25.6. The van der Waals surface area contributed by atoms with Gasteiger partial charge in [0, 0.05) is 19.1 Å². The van der Waals surface area contributed by atoms with E-state index in [0.717, 1.165) is 11.1 Å². The first kappa shape index (κ1) is 21.9. The lowest BCUT2D eigenvalue weighted by molar-refractivity contribution is -0.123. The van der Waals surface area contributed by atoms with E-state index >= 15 is 0 Å². The third kappa shape index (κ3) is 5.95. The predicted octanol–water partition coefficient (Wildman–Crippen LogP) is 1.74. The first-order valence-corrected chi connectivity index (χ1v) is 10.0. The van der Waals surface area contributed by atoms with Gasteiger partial charge in [0.25, 0.3) is 0 Å². The Morgan fingerprint density at radius 2 is 1.84 bits per heavy atom. The Kier molecular flexibility index (Phi) is 8.34. The van der Waals surface area contributed by atoms with Crippen LogP contribution in [-0.2, 0) is 14.8 Å². The maximum atomic E-state index is 12.3. The number of aryl methyl sites for hydroxylation is 1. The van der Waals surface area contributed by atoms with E-state index in [1.807, 2.05) is 38.1 Å². The van der Waals surface area contributed by atoms with Crippen molar-refractivity contribution < 1.29 is 13.2 Å². The average Bonchev–Trinajstić information content (AvgIpc) is 2.55. The summed E-state index contributed by atoms with van der Waals surface area (Å²) in [6.45, 7) is 4.74. The number of sulfonamides is 1. The molecular weight excluding hydrogens is 362 g/mol. The second-order valence-electron chi connectivity index (χ2n) is 6.39. The van der Waals surface area contributed by atoms with Gasteiger partial charge in [-0.3, -0.25) is 4.79 Å². The van der Waals surface area contributed by atoms with Crippen LogP contribution in [0.1, 0.15) is 43.4 Å². The Morgan fingerprint density at radius 1 is 1.28 bits per heavy atom. The zero-order chi connectivity index (χ0) is 17.7. The van der Waals surface area contributed by atoms with Crippen LogP contribution in [0.4, 0.5) is 0 Å². The van der Waals surface area contributed by atoms with Crippen LogP contribution in [0.25, 0.3) is 0 Å². The molecule has 0 saturated carbocycles. The number of carbonyl (C=O) groups is 1.